The predicted octanol–water partition coefficient (Wildman–Crippen LogP) is 4.76. The number of carbonyl (C=O) groups excluding carboxylic acids is 1. The molecule has 0 saturated carbocycles. The Bertz CT molecular complexity index is 540. The zero-order valence-corrected chi connectivity index (χ0v) is 14.2. The molecule has 0 saturated heterocycles. The van der Waals surface area contributed by atoms with Crippen molar-refractivity contribution in [3.05, 3.63) is 71.8 Å². The summed E-state index contributed by atoms with van der Waals surface area (Å²) in [5.41, 5.74) is 2.47. The SMILES string of the molecule is CCCC(C)CC(=O)NCC(c1ccccc1)c1ccccc1. The van der Waals surface area contributed by atoms with E-state index in [0.29, 0.717) is 18.9 Å². The molecular weight excluding hydrogens is 282 g/mol. The zero-order chi connectivity index (χ0) is 16.5. The van der Waals surface area contributed by atoms with E-state index in [1.807, 2.05) is 12.1 Å². The summed E-state index contributed by atoms with van der Waals surface area (Å²) in [6.45, 7) is 4.95. The molecule has 1 atom stereocenters. The van der Waals surface area contributed by atoms with Gasteiger partial charge in [0.15, 0.2) is 0 Å². The number of amides is 1. The van der Waals surface area contributed by atoms with E-state index in [1.54, 1.807) is 0 Å². The van der Waals surface area contributed by atoms with Gasteiger partial charge in [-0.3, -0.25) is 4.79 Å². The Morgan fingerprint density at radius 3 is 1.96 bits per heavy atom. The first-order valence-electron chi connectivity index (χ1n) is 8.57. The first-order valence-corrected chi connectivity index (χ1v) is 8.57. The third-order valence-corrected chi connectivity index (χ3v) is 4.22. The molecule has 0 radical (unpaired) electrons. The fourth-order valence-corrected chi connectivity index (χ4v) is 3.00. The van der Waals surface area contributed by atoms with Crippen molar-refractivity contribution in [2.24, 2.45) is 5.92 Å². The Kier molecular flexibility index (Phi) is 6.86. The molecule has 2 heteroatoms. The van der Waals surface area contributed by atoms with Crippen LogP contribution in [0.25, 0.3) is 0 Å². The van der Waals surface area contributed by atoms with Gasteiger partial charge in [-0.25, -0.2) is 0 Å². The van der Waals surface area contributed by atoms with Gasteiger partial charge in [0.05, 0.1) is 0 Å². The Morgan fingerprint density at radius 1 is 0.957 bits per heavy atom. The molecule has 0 bridgehead atoms. The van der Waals surface area contributed by atoms with E-state index in [4.69, 9.17) is 0 Å². The van der Waals surface area contributed by atoms with Crippen LogP contribution >= 0.6 is 0 Å². The van der Waals surface area contributed by atoms with Gasteiger partial charge in [-0.15, -0.1) is 0 Å². The average molecular weight is 309 g/mol. The van der Waals surface area contributed by atoms with Crippen LogP contribution in [0, 0.1) is 5.92 Å². The molecule has 0 fully saturated rings. The molecule has 0 aliphatic rings. The van der Waals surface area contributed by atoms with E-state index in [2.05, 4.69) is 67.7 Å². The molecule has 2 aromatic rings. The predicted molar refractivity (Wildman–Crippen MR) is 96.4 cm³/mol. The van der Waals surface area contributed by atoms with Gasteiger partial charge >= 0.3 is 0 Å². The molecule has 0 spiro atoms. The lowest BCUT2D eigenvalue weighted by atomic mass is 9.91. The highest BCUT2D eigenvalue weighted by atomic mass is 16.1. The normalized spacial score (nSPS) is 12.1. The van der Waals surface area contributed by atoms with Crippen molar-refractivity contribution < 1.29 is 4.79 Å². The summed E-state index contributed by atoms with van der Waals surface area (Å²) in [6, 6.07) is 20.8. The minimum Gasteiger partial charge on any atom is -0.355 e. The summed E-state index contributed by atoms with van der Waals surface area (Å²) in [5, 5.41) is 3.13. The quantitative estimate of drug-likeness (QED) is 0.748. The minimum atomic E-state index is 0.155. The first kappa shape index (κ1) is 17.3. The van der Waals surface area contributed by atoms with Crippen molar-refractivity contribution in [2.45, 2.75) is 39.0 Å². The number of carbonyl (C=O) groups is 1. The van der Waals surface area contributed by atoms with Crippen molar-refractivity contribution in [1.29, 1.82) is 0 Å². The van der Waals surface area contributed by atoms with Crippen LogP contribution in [0.5, 0.6) is 0 Å². The standard InChI is InChI=1S/C21H27NO/c1-3-10-17(2)15-21(23)22-16-20(18-11-6-4-7-12-18)19-13-8-5-9-14-19/h4-9,11-14,17,20H,3,10,15-16H2,1-2H3,(H,22,23). The maximum absolute atomic E-state index is 12.2. The molecule has 0 aliphatic carbocycles. The van der Waals surface area contributed by atoms with Crippen LogP contribution in [-0.2, 0) is 4.79 Å². The van der Waals surface area contributed by atoms with Crippen molar-refractivity contribution >= 4 is 5.91 Å². The number of hydrogen-bond donors (Lipinski definition) is 1. The molecule has 1 unspecified atom stereocenters. The van der Waals surface area contributed by atoms with E-state index in [9.17, 15) is 4.79 Å². The van der Waals surface area contributed by atoms with E-state index < -0.39 is 0 Å². The van der Waals surface area contributed by atoms with Gasteiger partial charge in [0.25, 0.3) is 0 Å². The second-order valence-corrected chi connectivity index (χ2v) is 6.28. The summed E-state index contributed by atoms with van der Waals surface area (Å²) in [7, 11) is 0. The molecule has 23 heavy (non-hydrogen) atoms. The highest BCUT2D eigenvalue weighted by Gasteiger charge is 2.16. The van der Waals surface area contributed by atoms with Gasteiger partial charge in [-0.1, -0.05) is 87.4 Å². The highest BCUT2D eigenvalue weighted by molar-refractivity contribution is 5.76. The van der Waals surface area contributed by atoms with Crippen molar-refractivity contribution in [3.8, 4) is 0 Å². The fraction of sp³-hybridized carbons (Fsp3) is 0.381. The molecule has 122 valence electrons. The van der Waals surface area contributed by atoms with Gasteiger partial charge in [-0.2, -0.15) is 0 Å². The fourth-order valence-electron chi connectivity index (χ4n) is 3.00. The van der Waals surface area contributed by atoms with Gasteiger partial charge in [0, 0.05) is 18.9 Å². The summed E-state index contributed by atoms with van der Waals surface area (Å²) in [5.74, 6) is 0.803. The maximum Gasteiger partial charge on any atom is 0.220 e. The number of nitrogens with one attached hydrogen (secondary N) is 1. The molecule has 2 nitrogen and oxygen atoms in total. The lowest BCUT2D eigenvalue weighted by molar-refractivity contribution is -0.121. The van der Waals surface area contributed by atoms with Crippen LogP contribution in [0.15, 0.2) is 60.7 Å². The average Bonchev–Trinajstić information content (AvgIpc) is 2.57. The van der Waals surface area contributed by atoms with Crippen LogP contribution in [0.2, 0.25) is 0 Å². The zero-order valence-electron chi connectivity index (χ0n) is 14.2. The van der Waals surface area contributed by atoms with Crippen LogP contribution in [0.4, 0.5) is 0 Å². The van der Waals surface area contributed by atoms with Gasteiger partial charge in [0.2, 0.25) is 5.91 Å². The third kappa shape index (κ3) is 5.55. The largest absolute Gasteiger partial charge is 0.355 e. The minimum absolute atomic E-state index is 0.155. The molecule has 0 heterocycles. The van der Waals surface area contributed by atoms with Gasteiger partial charge in [-0.05, 0) is 17.0 Å². The second-order valence-electron chi connectivity index (χ2n) is 6.28. The summed E-state index contributed by atoms with van der Waals surface area (Å²) in [4.78, 5) is 12.2. The van der Waals surface area contributed by atoms with Crippen molar-refractivity contribution in [1.82, 2.24) is 5.32 Å². The van der Waals surface area contributed by atoms with Crippen molar-refractivity contribution in [3.63, 3.8) is 0 Å². The van der Waals surface area contributed by atoms with E-state index in [1.165, 1.54) is 11.1 Å². The van der Waals surface area contributed by atoms with E-state index in [-0.39, 0.29) is 11.8 Å². The molecule has 1 amide bonds. The lowest BCUT2D eigenvalue weighted by Gasteiger charge is -2.19. The van der Waals surface area contributed by atoms with Gasteiger partial charge in [0.1, 0.15) is 0 Å². The van der Waals surface area contributed by atoms with Crippen LogP contribution < -0.4 is 5.32 Å². The van der Waals surface area contributed by atoms with Crippen LogP contribution in [0.1, 0.15) is 50.2 Å². The summed E-state index contributed by atoms with van der Waals surface area (Å²) < 4.78 is 0. The molecule has 0 aliphatic heterocycles. The number of benzene rings is 2. The van der Waals surface area contributed by atoms with E-state index >= 15 is 0 Å². The Labute approximate surface area is 139 Å². The smallest absolute Gasteiger partial charge is 0.220 e. The highest BCUT2D eigenvalue weighted by Crippen LogP contribution is 2.23. The number of hydrogen-bond acceptors (Lipinski definition) is 1. The monoisotopic (exact) mass is 309 g/mol. The van der Waals surface area contributed by atoms with Crippen molar-refractivity contribution in [2.75, 3.05) is 6.54 Å². The summed E-state index contributed by atoms with van der Waals surface area (Å²) in [6.07, 6.45) is 2.85. The molecule has 2 aromatic carbocycles. The maximum atomic E-state index is 12.2. The second kappa shape index (κ2) is 9.14. The Balaban J connectivity index is 2.03. The Hall–Kier alpha value is -2.09. The van der Waals surface area contributed by atoms with E-state index in [0.717, 1.165) is 12.8 Å². The van der Waals surface area contributed by atoms with Gasteiger partial charge < -0.3 is 5.32 Å². The topological polar surface area (TPSA) is 29.1 Å². The third-order valence-electron chi connectivity index (χ3n) is 4.22. The number of rotatable bonds is 8. The molecule has 2 rings (SSSR count). The first-order chi connectivity index (χ1) is 11.2. The molecule has 1 N–H and O–H groups in total. The lowest BCUT2D eigenvalue weighted by Crippen LogP contribution is -2.30. The molecule has 0 aromatic heterocycles. The summed E-state index contributed by atoms with van der Waals surface area (Å²) >= 11 is 0. The molecular formula is C21H27NO. The Morgan fingerprint density at radius 2 is 1.48 bits per heavy atom. The van der Waals surface area contributed by atoms with Crippen LogP contribution in [0.3, 0.4) is 0 Å². The van der Waals surface area contributed by atoms with Crippen LogP contribution in [-0.4, -0.2) is 12.5 Å².